The van der Waals surface area contributed by atoms with Crippen molar-refractivity contribution < 1.29 is 0 Å². The van der Waals surface area contributed by atoms with Crippen LogP contribution in [0.4, 0.5) is 0 Å². The third-order valence-corrected chi connectivity index (χ3v) is 5.32. The first-order valence-corrected chi connectivity index (χ1v) is 9.06. The van der Waals surface area contributed by atoms with Gasteiger partial charge in [0.1, 0.15) is 0 Å². The van der Waals surface area contributed by atoms with E-state index in [1.807, 2.05) is 0 Å². The van der Waals surface area contributed by atoms with Gasteiger partial charge in [-0.05, 0) is 50.3 Å². The van der Waals surface area contributed by atoms with Crippen LogP contribution >= 0.6 is 0 Å². The molecule has 0 spiro atoms. The molecule has 2 aromatic rings. The number of aromatic nitrogens is 4. The molecule has 25 heavy (non-hydrogen) atoms. The Hall–Kier alpha value is -2.28. The molecule has 1 atom stereocenters. The van der Waals surface area contributed by atoms with Gasteiger partial charge in [0.05, 0.1) is 12.2 Å². The van der Waals surface area contributed by atoms with E-state index in [0.717, 1.165) is 56.5 Å². The minimum absolute atomic E-state index is 0.0102. The molecular formula is C18H23N5O2. The topological polar surface area (TPSA) is 73.0 Å². The van der Waals surface area contributed by atoms with E-state index in [0.29, 0.717) is 19.1 Å². The van der Waals surface area contributed by atoms with Crippen molar-refractivity contribution in [3.05, 3.63) is 56.6 Å². The molecule has 0 N–H and O–H groups in total. The van der Waals surface area contributed by atoms with Crippen LogP contribution in [0.1, 0.15) is 30.5 Å². The third-order valence-electron chi connectivity index (χ3n) is 5.32. The van der Waals surface area contributed by atoms with Gasteiger partial charge >= 0.3 is 5.69 Å². The fraction of sp³-hybridized carbons (Fsp3) is 0.556. The summed E-state index contributed by atoms with van der Waals surface area (Å²) in [6.07, 6.45) is 8.53. The molecule has 0 aromatic carbocycles. The first-order chi connectivity index (χ1) is 12.2. The highest BCUT2D eigenvalue weighted by molar-refractivity contribution is 5.22. The Labute approximate surface area is 145 Å². The average molecular weight is 341 g/mol. The number of nitrogens with zero attached hydrogens (tertiary/aromatic N) is 5. The fourth-order valence-corrected chi connectivity index (χ4v) is 3.96. The maximum atomic E-state index is 12.3. The molecular weight excluding hydrogens is 318 g/mol. The van der Waals surface area contributed by atoms with Gasteiger partial charge in [-0.2, -0.15) is 5.10 Å². The van der Waals surface area contributed by atoms with Gasteiger partial charge in [0, 0.05) is 37.6 Å². The first-order valence-electron chi connectivity index (χ1n) is 9.06. The summed E-state index contributed by atoms with van der Waals surface area (Å²) in [5, 5.41) is 4.60. The van der Waals surface area contributed by atoms with E-state index in [1.165, 1.54) is 6.20 Å². The van der Waals surface area contributed by atoms with Gasteiger partial charge in [-0.1, -0.05) is 0 Å². The van der Waals surface area contributed by atoms with Gasteiger partial charge in [0.2, 0.25) is 0 Å². The van der Waals surface area contributed by atoms with Crippen LogP contribution in [0.5, 0.6) is 0 Å². The molecule has 3 heterocycles. The molecule has 1 aliphatic heterocycles. The molecule has 4 rings (SSSR count). The van der Waals surface area contributed by atoms with Crippen LogP contribution < -0.4 is 11.2 Å². The van der Waals surface area contributed by atoms with Gasteiger partial charge in [0.25, 0.3) is 5.56 Å². The van der Waals surface area contributed by atoms with Crippen molar-refractivity contribution in [1.82, 2.24) is 24.2 Å². The van der Waals surface area contributed by atoms with Gasteiger partial charge in [-0.3, -0.25) is 14.3 Å². The summed E-state index contributed by atoms with van der Waals surface area (Å²) in [7, 11) is 0. The third kappa shape index (κ3) is 3.42. The maximum absolute atomic E-state index is 12.3. The Balaban J connectivity index is 1.44. The zero-order valence-corrected chi connectivity index (χ0v) is 14.3. The van der Waals surface area contributed by atoms with E-state index in [9.17, 15) is 9.59 Å². The lowest BCUT2D eigenvalue weighted by molar-refractivity contribution is 0.215. The molecule has 1 saturated heterocycles. The molecule has 7 heteroatoms. The molecule has 2 aromatic heterocycles. The Kier molecular flexibility index (Phi) is 4.48. The zero-order valence-electron chi connectivity index (χ0n) is 14.3. The summed E-state index contributed by atoms with van der Waals surface area (Å²) in [5.41, 5.74) is 2.01. The summed E-state index contributed by atoms with van der Waals surface area (Å²) >= 11 is 0. The largest absolute Gasteiger partial charge is 0.347 e. The summed E-state index contributed by atoms with van der Waals surface area (Å²) in [6.45, 7) is 3.04. The minimum Gasteiger partial charge on any atom is -0.298 e. The van der Waals surface area contributed by atoms with E-state index < -0.39 is 0 Å². The highest BCUT2D eigenvalue weighted by Gasteiger charge is 2.26. The van der Waals surface area contributed by atoms with E-state index in [-0.39, 0.29) is 11.2 Å². The molecule has 0 saturated carbocycles. The summed E-state index contributed by atoms with van der Waals surface area (Å²) in [5.74, 6) is 0. The second kappa shape index (κ2) is 6.92. The van der Waals surface area contributed by atoms with Crippen molar-refractivity contribution in [2.75, 3.05) is 13.1 Å². The van der Waals surface area contributed by atoms with Crippen molar-refractivity contribution in [1.29, 1.82) is 0 Å². The van der Waals surface area contributed by atoms with Crippen LogP contribution in [0.25, 0.3) is 0 Å². The summed E-state index contributed by atoms with van der Waals surface area (Å²) in [6, 6.07) is 3.85. The van der Waals surface area contributed by atoms with Crippen molar-refractivity contribution in [3.63, 3.8) is 0 Å². The number of fused-ring (bicyclic) bond motifs is 1. The Bertz CT molecular complexity index is 872. The molecule has 2 aliphatic rings. The number of hydrogen-bond donors (Lipinski definition) is 0. The molecule has 0 bridgehead atoms. The molecule has 1 fully saturated rings. The second-order valence-corrected chi connectivity index (χ2v) is 6.92. The van der Waals surface area contributed by atoms with Crippen LogP contribution in [-0.4, -0.2) is 43.4 Å². The van der Waals surface area contributed by atoms with Crippen LogP contribution in [0.3, 0.4) is 0 Å². The molecule has 0 radical (unpaired) electrons. The predicted molar refractivity (Wildman–Crippen MR) is 93.6 cm³/mol. The SMILES string of the molecule is O=c1ncccn1CCN1CCCC1Cn1nc2c(cc1=O)CCC2. The molecule has 1 unspecified atom stereocenters. The van der Waals surface area contributed by atoms with E-state index in [1.54, 1.807) is 27.6 Å². The van der Waals surface area contributed by atoms with Crippen molar-refractivity contribution in [2.45, 2.75) is 51.2 Å². The molecule has 0 amide bonds. The quantitative estimate of drug-likeness (QED) is 0.790. The Morgan fingerprint density at radius 3 is 2.96 bits per heavy atom. The number of likely N-dealkylation sites (tertiary alicyclic amines) is 1. The average Bonchev–Trinajstić information content (AvgIpc) is 3.23. The van der Waals surface area contributed by atoms with Crippen LogP contribution in [-0.2, 0) is 25.9 Å². The van der Waals surface area contributed by atoms with Gasteiger partial charge < -0.3 is 0 Å². The highest BCUT2D eigenvalue weighted by atomic mass is 16.1. The Morgan fingerprint density at radius 1 is 1.16 bits per heavy atom. The van der Waals surface area contributed by atoms with Crippen LogP contribution in [0, 0.1) is 0 Å². The standard InChI is InChI=1S/C18H23N5O2/c24-17-12-14-4-1-6-16(14)20-23(17)13-15-5-2-8-21(15)10-11-22-9-3-7-19-18(22)25/h3,7,9,12,15H,1-2,4-6,8,10-11,13H2. The van der Waals surface area contributed by atoms with Gasteiger partial charge in [0.15, 0.2) is 0 Å². The van der Waals surface area contributed by atoms with Gasteiger partial charge in [-0.25, -0.2) is 14.5 Å². The summed E-state index contributed by atoms with van der Waals surface area (Å²) in [4.78, 5) is 30.2. The minimum atomic E-state index is -0.213. The van der Waals surface area contributed by atoms with Crippen molar-refractivity contribution >= 4 is 0 Å². The lowest BCUT2D eigenvalue weighted by atomic mass is 10.2. The number of hydrogen-bond acceptors (Lipinski definition) is 5. The van der Waals surface area contributed by atoms with Gasteiger partial charge in [-0.15, -0.1) is 0 Å². The number of rotatable bonds is 5. The normalized spacial score (nSPS) is 20.1. The predicted octanol–water partition coefficient (Wildman–Crippen LogP) is 0.453. The fourth-order valence-electron chi connectivity index (χ4n) is 3.96. The smallest absolute Gasteiger partial charge is 0.298 e. The van der Waals surface area contributed by atoms with E-state index in [2.05, 4.69) is 15.0 Å². The number of aryl methyl sites for hydroxylation is 2. The lowest BCUT2D eigenvalue weighted by Crippen LogP contribution is -2.39. The second-order valence-electron chi connectivity index (χ2n) is 6.92. The molecule has 1 aliphatic carbocycles. The van der Waals surface area contributed by atoms with E-state index >= 15 is 0 Å². The zero-order chi connectivity index (χ0) is 17.2. The van der Waals surface area contributed by atoms with Crippen molar-refractivity contribution in [2.24, 2.45) is 0 Å². The van der Waals surface area contributed by atoms with Crippen LogP contribution in [0.2, 0.25) is 0 Å². The monoisotopic (exact) mass is 341 g/mol. The molecule has 7 nitrogen and oxygen atoms in total. The highest BCUT2D eigenvalue weighted by Crippen LogP contribution is 2.20. The van der Waals surface area contributed by atoms with E-state index in [4.69, 9.17) is 0 Å². The Morgan fingerprint density at radius 2 is 2.08 bits per heavy atom. The molecule has 132 valence electrons. The maximum Gasteiger partial charge on any atom is 0.347 e. The summed E-state index contributed by atoms with van der Waals surface area (Å²) < 4.78 is 3.28. The van der Waals surface area contributed by atoms with Crippen molar-refractivity contribution in [3.8, 4) is 0 Å². The lowest BCUT2D eigenvalue weighted by Gasteiger charge is -2.25. The van der Waals surface area contributed by atoms with Crippen LogP contribution in [0.15, 0.2) is 34.1 Å². The first kappa shape index (κ1) is 16.2.